The minimum absolute atomic E-state index is 0.701. The van der Waals surface area contributed by atoms with Crippen LogP contribution >= 0.6 is 33.9 Å². The van der Waals surface area contributed by atoms with Gasteiger partial charge in [0.1, 0.15) is 5.69 Å². The Morgan fingerprint density at radius 1 is 1.56 bits per heavy atom. The summed E-state index contributed by atoms with van der Waals surface area (Å²) in [6.07, 6.45) is 4.12. The summed E-state index contributed by atoms with van der Waals surface area (Å²) in [5.74, 6) is 0.910. The number of rotatable bonds is 4. The van der Waals surface area contributed by atoms with Gasteiger partial charge in [-0.05, 0) is 41.5 Å². The molecule has 1 aliphatic rings. The lowest BCUT2D eigenvalue weighted by molar-refractivity contribution is 0.569. The topological polar surface area (TPSA) is 38.1 Å². The van der Waals surface area contributed by atoms with Crippen molar-refractivity contribution in [1.29, 1.82) is 0 Å². The third kappa shape index (κ3) is 2.31. The molecule has 2 aromatic rings. The van der Waals surface area contributed by atoms with Crippen LogP contribution in [0, 0.1) is 2.88 Å². The molecule has 0 amide bonds. The minimum Gasteiger partial charge on any atom is -0.443 e. The van der Waals surface area contributed by atoms with Gasteiger partial charge in [-0.1, -0.05) is 0 Å². The van der Waals surface area contributed by atoms with Gasteiger partial charge in [-0.3, -0.25) is 0 Å². The molecule has 1 fully saturated rings. The molecule has 5 heteroatoms. The first-order valence-electron chi connectivity index (χ1n) is 5.23. The van der Waals surface area contributed by atoms with E-state index in [0.717, 1.165) is 23.6 Å². The summed E-state index contributed by atoms with van der Waals surface area (Å²) in [6.45, 7) is 0.808. The minimum atomic E-state index is 0.701. The highest BCUT2D eigenvalue weighted by Gasteiger charge is 2.21. The fourth-order valence-corrected chi connectivity index (χ4v) is 2.91. The molecule has 3 nitrogen and oxygen atoms in total. The van der Waals surface area contributed by atoms with Crippen LogP contribution in [0.5, 0.6) is 0 Å². The number of halogens is 1. The standard InChI is InChI=1S/C11H11IN2OS/c12-10-3-7(5-16-10)11-9(14-6-15-11)4-13-8-1-2-8/h3,5-6,8,13H,1-2,4H2. The zero-order valence-corrected chi connectivity index (χ0v) is 11.5. The van der Waals surface area contributed by atoms with Crippen LogP contribution in [0.3, 0.4) is 0 Å². The molecule has 1 saturated carbocycles. The zero-order valence-electron chi connectivity index (χ0n) is 8.57. The van der Waals surface area contributed by atoms with Crippen LogP contribution in [-0.2, 0) is 6.54 Å². The molecule has 0 bridgehead atoms. The highest BCUT2D eigenvalue weighted by Crippen LogP contribution is 2.29. The Morgan fingerprint density at radius 3 is 3.12 bits per heavy atom. The average Bonchev–Trinajstić information content (AvgIpc) is 2.82. The van der Waals surface area contributed by atoms with Crippen molar-refractivity contribution in [3.05, 3.63) is 26.4 Å². The molecule has 0 unspecified atom stereocenters. The maximum atomic E-state index is 5.47. The van der Waals surface area contributed by atoms with Crippen molar-refractivity contribution in [2.75, 3.05) is 0 Å². The van der Waals surface area contributed by atoms with Crippen LogP contribution in [0.25, 0.3) is 11.3 Å². The molecule has 16 heavy (non-hydrogen) atoms. The van der Waals surface area contributed by atoms with Gasteiger partial charge in [0.2, 0.25) is 0 Å². The molecule has 0 saturated heterocycles. The van der Waals surface area contributed by atoms with Gasteiger partial charge >= 0.3 is 0 Å². The number of hydrogen-bond acceptors (Lipinski definition) is 4. The Balaban J connectivity index is 1.80. The summed E-state index contributed by atoms with van der Waals surface area (Å²) < 4.78 is 6.74. The second-order valence-corrected chi connectivity index (χ2v) is 6.73. The molecule has 3 rings (SSSR count). The number of thiophene rings is 1. The maximum Gasteiger partial charge on any atom is 0.181 e. The van der Waals surface area contributed by atoms with E-state index in [1.54, 1.807) is 11.3 Å². The molecule has 0 radical (unpaired) electrons. The van der Waals surface area contributed by atoms with Gasteiger partial charge in [-0.2, -0.15) is 0 Å². The van der Waals surface area contributed by atoms with E-state index in [0.29, 0.717) is 6.04 Å². The lowest BCUT2D eigenvalue weighted by Gasteiger charge is -2.00. The molecule has 84 valence electrons. The van der Waals surface area contributed by atoms with Gasteiger partial charge in [0.05, 0.1) is 2.88 Å². The first-order chi connectivity index (χ1) is 7.83. The fourth-order valence-electron chi connectivity index (χ4n) is 1.59. The first-order valence-corrected chi connectivity index (χ1v) is 7.19. The smallest absolute Gasteiger partial charge is 0.181 e. The molecule has 1 N–H and O–H groups in total. The Hall–Kier alpha value is -0.400. The van der Waals surface area contributed by atoms with Crippen molar-refractivity contribution in [3.8, 4) is 11.3 Å². The SMILES string of the molecule is Ic1cc(-c2ocnc2CNC2CC2)cs1. The van der Waals surface area contributed by atoms with Crippen molar-refractivity contribution in [2.24, 2.45) is 0 Å². The van der Waals surface area contributed by atoms with Crippen LogP contribution < -0.4 is 5.32 Å². The lowest BCUT2D eigenvalue weighted by atomic mass is 10.2. The second-order valence-electron chi connectivity index (χ2n) is 3.92. The van der Waals surface area contributed by atoms with E-state index >= 15 is 0 Å². The van der Waals surface area contributed by atoms with Crippen LogP contribution in [0.4, 0.5) is 0 Å². The quantitative estimate of drug-likeness (QED) is 0.864. The molecule has 2 aromatic heterocycles. The van der Waals surface area contributed by atoms with E-state index in [1.807, 2.05) is 0 Å². The summed E-state index contributed by atoms with van der Waals surface area (Å²) in [5, 5.41) is 5.57. The average molecular weight is 346 g/mol. The summed E-state index contributed by atoms with van der Waals surface area (Å²) in [4.78, 5) is 4.27. The van der Waals surface area contributed by atoms with Crippen molar-refractivity contribution < 1.29 is 4.42 Å². The van der Waals surface area contributed by atoms with Crippen molar-refractivity contribution in [3.63, 3.8) is 0 Å². The van der Waals surface area contributed by atoms with Gasteiger partial charge in [-0.25, -0.2) is 4.98 Å². The fraction of sp³-hybridized carbons (Fsp3) is 0.364. The van der Waals surface area contributed by atoms with Gasteiger partial charge in [0, 0.05) is 23.5 Å². The van der Waals surface area contributed by atoms with Crippen molar-refractivity contribution in [1.82, 2.24) is 10.3 Å². The van der Waals surface area contributed by atoms with E-state index in [4.69, 9.17) is 4.42 Å². The third-order valence-corrected chi connectivity index (χ3v) is 4.40. The second kappa shape index (κ2) is 4.46. The predicted molar refractivity (Wildman–Crippen MR) is 72.4 cm³/mol. The largest absolute Gasteiger partial charge is 0.443 e. The van der Waals surface area contributed by atoms with E-state index in [2.05, 4.69) is 44.3 Å². The molecule has 1 aliphatic carbocycles. The van der Waals surface area contributed by atoms with E-state index < -0.39 is 0 Å². The van der Waals surface area contributed by atoms with Crippen molar-refractivity contribution >= 4 is 33.9 Å². The van der Waals surface area contributed by atoms with Crippen LogP contribution in [-0.4, -0.2) is 11.0 Å². The van der Waals surface area contributed by atoms with Gasteiger partial charge < -0.3 is 9.73 Å². The van der Waals surface area contributed by atoms with Gasteiger partial charge in [0.25, 0.3) is 0 Å². The third-order valence-electron chi connectivity index (χ3n) is 2.61. The number of hydrogen-bond donors (Lipinski definition) is 1. The monoisotopic (exact) mass is 346 g/mol. The normalized spacial score (nSPS) is 15.6. The molecular formula is C11H11IN2OS. The Labute approximate surface area is 111 Å². The Bertz CT molecular complexity index is 490. The van der Waals surface area contributed by atoms with Crippen LogP contribution in [0.2, 0.25) is 0 Å². The molecule has 0 aromatic carbocycles. The highest BCUT2D eigenvalue weighted by atomic mass is 127. The van der Waals surface area contributed by atoms with E-state index in [-0.39, 0.29) is 0 Å². The Kier molecular flexibility index (Phi) is 2.99. The Morgan fingerprint density at radius 2 is 2.44 bits per heavy atom. The van der Waals surface area contributed by atoms with Gasteiger partial charge in [-0.15, -0.1) is 11.3 Å². The summed E-state index contributed by atoms with van der Waals surface area (Å²) >= 11 is 4.05. The highest BCUT2D eigenvalue weighted by molar-refractivity contribution is 14.1. The molecule has 2 heterocycles. The first kappa shape index (κ1) is 10.7. The summed E-state index contributed by atoms with van der Waals surface area (Å²) in [6, 6.07) is 2.83. The lowest BCUT2D eigenvalue weighted by Crippen LogP contribution is -2.15. The number of aromatic nitrogens is 1. The number of nitrogens with zero attached hydrogens (tertiary/aromatic N) is 1. The summed E-state index contributed by atoms with van der Waals surface area (Å²) in [7, 11) is 0. The number of nitrogens with one attached hydrogen (secondary N) is 1. The zero-order chi connectivity index (χ0) is 11.0. The summed E-state index contributed by atoms with van der Waals surface area (Å²) in [5.41, 5.74) is 2.15. The van der Waals surface area contributed by atoms with Crippen LogP contribution in [0.1, 0.15) is 18.5 Å². The van der Waals surface area contributed by atoms with E-state index in [9.17, 15) is 0 Å². The van der Waals surface area contributed by atoms with E-state index in [1.165, 1.54) is 22.1 Å². The molecule has 0 spiro atoms. The van der Waals surface area contributed by atoms with Gasteiger partial charge in [0.15, 0.2) is 12.2 Å². The molecule has 0 atom stereocenters. The van der Waals surface area contributed by atoms with Crippen molar-refractivity contribution in [2.45, 2.75) is 25.4 Å². The maximum absolute atomic E-state index is 5.47. The van der Waals surface area contributed by atoms with Crippen LogP contribution in [0.15, 0.2) is 22.3 Å². The predicted octanol–water partition coefficient (Wildman–Crippen LogP) is 3.26. The molecular weight excluding hydrogens is 335 g/mol. The molecule has 0 aliphatic heterocycles. The number of oxazole rings is 1.